The van der Waals surface area contributed by atoms with E-state index in [0.717, 1.165) is 27.3 Å². The SMILES string of the molecule is Cc1cncc(Cc2cc(F)c(C(C)C)s2)c1. The first kappa shape index (κ1) is 12.2. The van der Waals surface area contributed by atoms with Crippen molar-refractivity contribution in [2.45, 2.75) is 33.1 Å². The molecule has 2 aromatic rings. The molecule has 3 heteroatoms. The lowest BCUT2D eigenvalue weighted by molar-refractivity contribution is 0.608. The van der Waals surface area contributed by atoms with Crippen LogP contribution in [0.2, 0.25) is 0 Å². The maximum Gasteiger partial charge on any atom is 0.137 e. The second-order valence-electron chi connectivity index (χ2n) is 4.63. The van der Waals surface area contributed by atoms with Crippen molar-refractivity contribution in [2.24, 2.45) is 0 Å². The molecule has 0 N–H and O–H groups in total. The number of hydrogen-bond acceptors (Lipinski definition) is 2. The first-order valence-electron chi connectivity index (χ1n) is 5.75. The number of pyridine rings is 1. The van der Waals surface area contributed by atoms with Gasteiger partial charge in [0.15, 0.2) is 0 Å². The van der Waals surface area contributed by atoms with Gasteiger partial charge in [0.25, 0.3) is 0 Å². The summed E-state index contributed by atoms with van der Waals surface area (Å²) in [6.45, 7) is 6.06. The first-order valence-corrected chi connectivity index (χ1v) is 6.56. The summed E-state index contributed by atoms with van der Waals surface area (Å²) < 4.78 is 13.6. The molecule has 0 atom stereocenters. The molecule has 0 amide bonds. The lowest BCUT2D eigenvalue weighted by Gasteiger charge is -2.00. The first-order chi connectivity index (χ1) is 8.06. The van der Waals surface area contributed by atoms with Crippen LogP contribution in [0.5, 0.6) is 0 Å². The fourth-order valence-corrected chi connectivity index (χ4v) is 2.90. The van der Waals surface area contributed by atoms with Crippen LogP contribution in [0.3, 0.4) is 0 Å². The fourth-order valence-electron chi connectivity index (χ4n) is 1.83. The molecule has 0 bridgehead atoms. The van der Waals surface area contributed by atoms with Crippen LogP contribution in [0.15, 0.2) is 24.5 Å². The topological polar surface area (TPSA) is 12.9 Å². The van der Waals surface area contributed by atoms with Crippen molar-refractivity contribution in [1.29, 1.82) is 0 Å². The van der Waals surface area contributed by atoms with Crippen molar-refractivity contribution in [1.82, 2.24) is 4.98 Å². The average molecular weight is 249 g/mol. The molecule has 0 aromatic carbocycles. The van der Waals surface area contributed by atoms with E-state index in [4.69, 9.17) is 0 Å². The molecule has 0 fully saturated rings. The van der Waals surface area contributed by atoms with Gasteiger partial charge in [-0.25, -0.2) is 4.39 Å². The molecule has 90 valence electrons. The van der Waals surface area contributed by atoms with Crippen molar-refractivity contribution in [2.75, 3.05) is 0 Å². The van der Waals surface area contributed by atoms with Gasteiger partial charge in [-0.05, 0) is 30.0 Å². The Bertz CT molecular complexity index is 517. The smallest absolute Gasteiger partial charge is 0.137 e. The van der Waals surface area contributed by atoms with Crippen LogP contribution in [0.4, 0.5) is 4.39 Å². The van der Waals surface area contributed by atoms with E-state index in [1.807, 2.05) is 33.2 Å². The predicted octanol–water partition coefficient (Wildman–Crippen LogP) is 4.30. The van der Waals surface area contributed by atoms with Gasteiger partial charge in [0.1, 0.15) is 5.82 Å². The van der Waals surface area contributed by atoms with Gasteiger partial charge in [0.05, 0.1) is 0 Å². The summed E-state index contributed by atoms with van der Waals surface area (Å²) in [5.41, 5.74) is 2.28. The molecular formula is C14H16FNS. The minimum absolute atomic E-state index is 0.0689. The zero-order valence-corrected chi connectivity index (χ0v) is 11.1. The zero-order valence-electron chi connectivity index (χ0n) is 10.3. The van der Waals surface area contributed by atoms with E-state index in [-0.39, 0.29) is 11.7 Å². The Labute approximate surface area is 105 Å². The van der Waals surface area contributed by atoms with Crippen molar-refractivity contribution >= 4 is 11.3 Å². The van der Waals surface area contributed by atoms with Gasteiger partial charge in [-0.2, -0.15) is 0 Å². The van der Waals surface area contributed by atoms with Crippen molar-refractivity contribution in [3.63, 3.8) is 0 Å². The van der Waals surface area contributed by atoms with E-state index in [9.17, 15) is 4.39 Å². The molecule has 17 heavy (non-hydrogen) atoms. The minimum Gasteiger partial charge on any atom is -0.264 e. The number of thiophene rings is 1. The second kappa shape index (κ2) is 4.96. The quantitative estimate of drug-likeness (QED) is 0.790. The van der Waals surface area contributed by atoms with Crippen LogP contribution in [0, 0.1) is 12.7 Å². The van der Waals surface area contributed by atoms with Crippen LogP contribution in [-0.4, -0.2) is 4.98 Å². The number of nitrogens with zero attached hydrogens (tertiary/aromatic N) is 1. The molecule has 0 aliphatic rings. The van der Waals surface area contributed by atoms with E-state index in [2.05, 4.69) is 11.1 Å². The van der Waals surface area contributed by atoms with Crippen molar-refractivity contribution < 1.29 is 4.39 Å². The van der Waals surface area contributed by atoms with E-state index in [1.54, 1.807) is 17.4 Å². The molecule has 1 nitrogen and oxygen atoms in total. The highest BCUT2D eigenvalue weighted by Gasteiger charge is 2.12. The van der Waals surface area contributed by atoms with Crippen LogP contribution in [0.25, 0.3) is 0 Å². The lowest BCUT2D eigenvalue weighted by atomic mass is 10.1. The number of aromatic nitrogens is 1. The summed E-state index contributed by atoms with van der Waals surface area (Å²) in [4.78, 5) is 6.07. The molecule has 0 aliphatic carbocycles. The van der Waals surface area contributed by atoms with Gasteiger partial charge in [0, 0.05) is 28.6 Å². The molecule has 0 aliphatic heterocycles. The molecule has 0 spiro atoms. The summed E-state index contributed by atoms with van der Waals surface area (Å²) in [5.74, 6) is 0.185. The van der Waals surface area contributed by atoms with Crippen LogP contribution in [0.1, 0.15) is 40.6 Å². The number of hydrogen-bond donors (Lipinski definition) is 0. The maximum atomic E-state index is 13.6. The van der Waals surface area contributed by atoms with Gasteiger partial charge in [0.2, 0.25) is 0 Å². The molecule has 0 saturated heterocycles. The van der Waals surface area contributed by atoms with Crippen molar-refractivity contribution in [3.8, 4) is 0 Å². The Kier molecular flexibility index (Phi) is 3.57. The molecule has 2 aromatic heterocycles. The third kappa shape index (κ3) is 2.91. The number of halogens is 1. The monoisotopic (exact) mass is 249 g/mol. The molecular weight excluding hydrogens is 233 g/mol. The summed E-state index contributed by atoms with van der Waals surface area (Å²) >= 11 is 1.57. The van der Waals surface area contributed by atoms with Gasteiger partial charge in [-0.1, -0.05) is 19.9 Å². The molecule has 0 saturated carbocycles. The largest absolute Gasteiger partial charge is 0.264 e. The maximum absolute atomic E-state index is 13.6. The molecule has 2 rings (SSSR count). The molecule has 2 heterocycles. The van der Waals surface area contributed by atoms with Crippen molar-refractivity contribution in [3.05, 3.63) is 51.2 Å². The van der Waals surface area contributed by atoms with E-state index >= 15 is 0 Å². The highest BCUT2D eigenvalue weighted by atomic mass is 32.1. The third-order valence-corrected chi connectivity index (χ3v) is 4.01. The predicted molar refractivity (Wildman–Crippen MR) is 70.1 cm³/mol. The standard InChI is InChI=1S/C14H16FNS/c1-9(2)14-13(15)6-12(17-14)5-11-4-10(3)7-16-8-11/h4,6-9H,5H2,1-3H3. The van der Waals surface area contributed by atoms with Crippen LogP contribution >= 0.6 is 11.3 Å². The highest BCUT2D eigenvalue weighted by Crippen LogP contribution is 2.29. The summed E-state index contributed by atoms with van der Waals surface area (Å²) in [5, 5.41) is 0. The van der Waals surface area contributed by atoms with Gasteiger partial charge in [-0.3, -0.25) is 4.98 Å². The molecule has 0 radical (unpaired) electrons. The fraction of sp³-hybridized carbons (Fsp3) is 0.357. The minimum atomic E-state index is -0.0689. The Morgan fingerprint density at radius 3 is 2.65 bits per heavy atom. The van der Waals surface area contributed by atoms with Gasteiger partial charge in [-0.15, -0.1) is 11.3 Å². The third-order valence-electron chi connectivity index (χ3n) is 2.60. The van der Waals surface area contributed by atoms with Gasteiger partial charge >= 0.3 is 0 Å². The second-order valence-corrected chi connectivity index (χ2v) is 5.80. The Morgan fingerprint density at radius 2 is 2.06 bits per heavy atom. The summed E-state index contributed by atoms with van der Waals surface area (Å²) in [6.07, 6.45) is 4.45. The average Bonchev–Trinajstić information content (AvgIpc) is 2.59. The normalized spacial score (nSPS) is 11.1. The van der Waals surface area contributed by atoms with Crippen LogP contribution in [-0.2, 0) is 6.42 Å². The number of aryl methyl sites for hydroxylation is 1. The Hall–Kier alpha value is -1.22. The van der Waals surface area contributed by atoms with E-state index in [1.165, 1.54) is 0 Å². The van der Waals surface area contributed by atoms with Gasteiger partial charge < -0.3 is 0 Å². The van der Waals surface area contributed by atoms with E-state index < -0.39 is 0 Å². The Morgan fingerprint density at radius 1 is 1.29 bits per heavy atom. The Balaban J connectivity index is 2.22. The highest BCUT2D eigenvalue weighted by molar-refractivity contribution is 7.12. The summed E-state index contributed by atoms with van der Waals surface area (Å²) in [7, 11) is 0. The van der Waals surface area contributed by atoms with Crippen LogP contribution < -0.4 is 0 Å². The lowest BCUT2D eigenvalue weighted by Crippen LogP contribution is -1.87. The molecule has 0 unspecified atom stereocenters. The summed E-state index contributed by atoms with van der Waals surface area (Å²) in [6, 6.07) is 3.75. The van der Waals surface area contributed by atoms with E-state index in [0.29, 0.717) is 0 Å². The zero-order chi connectivity index (χ0) is 12.4. The number of rotatable bonds is 3.